The van der Waals surface area contributed by atoms with Crippen LogP contribution in [0.1, 0.15) is 34.6 Å². The predicted octanol–water partition coefficient (Wildman–Crippen LogP) is 4.25. The number of ether oxygens (including phenoxy) is 1. The van der Waals surface area contributed by atoms with Gasteiger partial charge in [0.05, 0.1) is 24.5 Å². The standard InChI is InChI=1S/C23H23N5O3/c1-4-30-20-13-9-8-12-18(20)24-22(29)21-15(2)28(27-26-21)14-19-16(3)31-23(25-19)17-10-6-5-7-11-17/h5-13H,4,14H2,1-3H3,(H,24,29). The maximum absolute atomic E-state index is 12.8. The molecule has 0 radical (unpaired) electrons. The van der Waals surface area contributed by atoms with E-state index in [0.717, 1.165) is 11.3 Å². The zero-order valence-electron chi connectivity index (χ0n) is 17.6. The fraction of sp³-hybridized carbons (Fsp3) is 0.217. The van der Waals surface area contributed by atoms with Crippen LogP contribution in [0.2, 0.25) is 0 Å². The van der Waals surface area contributed by atoms with E-state index < -0.39 is 0 Å². The lowest BCUT2D eigenvalue weighted by Gasteiger charge is -2.10. The molecule has 0 atom stereocenters. The number of para-hydroxylation sites is 2. The first kappa shape index (κ1) is 20.3. The van der Waals surface area contributed by atoms with E-state index in [1.165, 1.54) is 0 Å². The third-order valence-electron chi connectivity index (χ3n) is 4.85. The normalized spacial score (nSPS) is 10.8. The maximum Gasteiger partial charge on any atom is 0.278 e. The van der Waals surface area contributed by atoms with Gasteiger partial charge < -0.3 is 14.5 Å². The highest BCUT2D eigenvalue weighted by Gasteiger charge is 2.20. The van der Waals surface area contributed by atoms with Crippen LogP contribution in [-0.2, 0) is 6.54 Å². The Balaban J connectivity index is 1.53. The van der Waals surface area contributed by atoms with Crippen molar-refractivity contribution in [3.63, 3.8) is 0 Å². The van der Waals surface area contributed by atoms with Gasteiger partial charge in [0.25, 0.3) is 5.91 Å². The number of rotatable bonds is 7. The van der Waals surface area contributed by atoms with Gasteiger partial charge in [0, 0.05) is 5.56 Å². The van der Waals surface area contributed by atoms with E-state index in [9.17, 15) is 4.79 Å². The number of hydrogen-bond donors (Lipinski definition) is 1. The van der Waals surface area contributed by atoms with Gasteiger partial charge in [-0.3, -0.25) is 4.79 Å². The second-order valence-electron chi connectivity index (χ2n) is 6.95. The van der Waals surface area contributed by atoms with E-state index in [4.69, 9.17) is 9.15 Å². The van der Waals surface area contributed by atoms with Gasteiger partial charge in [-0.15, -0.1) is 5.10 Å². The van der Waals surface area contributed by atoms with Gasteiger partial charge in [-0.2, -0.15) is 0 Å². The number of carbonyl (C=O) groups excluding carboxylic acids is 1. The van der Waals surface area contributed by atoms with E-state index in [1.54, 1.807) is 23.7 Å². The van der Waals surface area contributed by atoms with Gasteiger partial charge in [-0.25, -0.2) is 9.67 Å². The van der Waals surface area contributed by atoms with Crippen LogP contribution in [0, 0.1) is 13.8 Å². The molecule has 0 spiro atoms. The summed E-state index contributed by atoms with van der Waals surface area (Å²) in [6, 6.07) is 17.0. The molecule has 8 nitrogen and oxygen atoms in total. The number of nitrogens with one attached hydrogen (secondary N) is 1. The quantitative estimate of drug-likeness (QED) is 0.483. The third-order valence-corrected chi connectivity index (χ3v) is 4.85. The first-order valence-electron chi connectivity index (χ1n) is 10.0. The van der Waals surface area contributed by atoms with Crippen LogP contribution < -0.4 is 10.1 Å². The summed E-state index contributed by atoms with van der Waals surface area (Å²) in [6.45, 7) is 6.41. The van der Waals surface area contributed by atoms with E-state index in [1.807, 2.05) is 56.3 Å². The van der Waals surface area contributed by atoms with Crippen molar-refractivity contribution in [2.24, 2.45) is 0 Å². The molecule has 0 fully saturated rings. The van der Waals surface area contributed by atoms with Crippen molar-refractivity contribution in [3.05, 3.63) is 77.4 Å². The summed E-state index contributed by atoms with van der Waals surface area (Å²) in [6.07, 6.45) is 0. The van der Waals surface area contributed by atoms with Crippen LogP contribution in [0.3, 0.4) is 0 Å². The number of oxazole rings is 1. The first-order valence-corrected chi connectivity index (χ1v) is 10.0. The summed E-state index contributed by atoms with van der Waals surface area (Å²) < 4.78 is 13.0. The molecule has 1 amide bonds. The lowest BCUT2D eigenvalue weighted by molar-refractivity contribution is 0.102. The molecule has 0 unspecified atom stereocenters. The average Bonchev–Trinajstić information content (AvgIpc) is 3.33. The number of aromatic nitrogens is 4. The Morgan fingerprint density at radius 3 is 2.61 bits per heavy atom. The molecule has 0 aliphatic carbocycles. The average molecular weight is 417 g/mol. The molecule has 1 N–H and O–H groups in total. The number of amides is 1. The molecule has 0 bridgehead atoms. The molecule has 4 rings (SSSR count). The summed E-state index contributed by atoms with van der Waals surface area (Å²) >= 11 is 0. The van der Waals surface area contributed by atoms with Gasteiger partial charge in [-0.05, 0) is 45.0 Å². The van der Waals surface area contributed by atoms with E-state index in [2.05, 4.69) is 20.6 Å². The van der Waals surface area contributed by atoms with Crippen LogP contribution in [0.4, 0.5) is 5.69 Å². The van der Waals surface area contributed by atoms with Gasteiger partial charge in [0.2, 0.25) is 5.89 Å². The Kier molecular flexibility index (Phi) is 5.79. The van der Waals surface area contributed by atoms with Crippen LogP contribution in [0.5, 0.6) is 5.75 Å². The molecular weight excluding hydrogens is 394 g/mol. The number of carbonyl (C=O) groups is 1. The number of nitrogens with zero attached hydrogens (tertiary/aromatic N) is 4. The smallest absolute Gasteiger partial charge is 0.278 e. The largest absolute Gasteiger partial charge is 0.492 e. The molecule has 31 heavy (non-hydrogen) atoms. The van der Waals surface area contributed by atoms with Crippen molar-refractivity contribution in [1.82, 2.24) is 20.0 Å². The van der Waals surface area contributed by atoms with Crippen molar-refractivity contribution >= 4 is 11.6 Å². The second kappa shape index (κ2) is 8.83. The first-order chi connectivity index (χ1) is 15.1. The molecule has 0 aliphatic heterocycles. The summed E-state index contributed by atoms with van der Waals surface area (Å²) in [5.74, 6) is 1.51. The van der Waals surface area contributed by atoms with Crippen LogP contribution >= 0.6 is 0 Å². The predicted molar refractivity (Wildman–Crippen MR) is 116 cm³/mol. The Morgan fingerprint density at radius 2 is 1.84 bits per heavy atom. The molecule has 2 aromatic heterocycles. The summed E-state index contributed by atoms with van der Waals surface area (Å²) in [5, 5.41) is 11.1. The van der Waals surface area contributed by atoms with E-state index in [-0.39, 0.29) is 11.6 Å². The number of anilines is 1. The third kappa shape index (κ3) is 4.32. The van der Waals surface area contributed by atoms with Crippen molar-refractivity contribution in [2.75, 3.05) is 11.9 Å². The summed E-state index contributed by atoms with van der Waals surface area (Å²) in [7, 11) is 0. The van der Waals surface area contributed by atoms with Crippen LogP contribution in [-0.4, -0.2) is 32.5 Å². The van der Waals surface area contributed by atoms with Crippen molar-refractivity contribution in [3.8, 4) is 17.2 Å². The molecule has 158 valence electrons. The number of hydrogen-bond acceptors (Lipinski definition) is 6. The summed E-state index contributed by atoms with van der Waals surface area (Å²) in [4.78, 5) is 17.4. The van der Waals surface area contributed by atoms with E-state index in [0.29, 0.717) is 41.9 Å². The van der Waals surface area contributed by atoms with Crippen molar-refractivity contribution < 1.29 is 13.9 Å². The Labute approximate surface area is 179 Å². The highest BCUT2D eigenvalue weighted by atomic mass is 16.5. The molecule has 0 saturated carbocycles. The highest BCUT2D eigenvalue weighted by Crippen LogP contribution is 2.25. The molecule has 0 saturated heterocycles. The Hall–Kier alpha value is -3.94. The van der Waals surface area contributed by atoms with Crippen molar-refractivity contribution in [2.45, 2.75) is 27.3 Å². The number of benzene rings is 2. The van der Waals surface area contributed by atoms with Gasteiger partial charge >= 0.3 is 0 Å². The van der Waals surface area contributed by atoms with Gasteiger partial charge in [0.1, 0.15) is 17.2 Å². The SMILES string of the molecule is CCOc1ccccc1NC(=O)c1nnn(Cc2nc(-c3ccccc3)oc2C)c1C. The molecule has 0 aliphatic rings. The molecule has 4 aromatic rings. The molecule has 2 aromatic carbocycles. The van der Waals surface area contributed by atoms with Gasteiger partial charge in [-0.1, -0.05) is 35.5 Å². The monoisotopic (exact) mass is 417 g/mol. The summed E-state index contributed by atoms with van der Waals surface area (Å²) in [5.41, 5.74) is 3.11. The van der Waals surface area contributed by atoms with Crippen molar-refractivity contribution in [1.29, 1.82) is 0 Å². The Morgan fingerprint density at radius 1 is 1.10 bits per heavy atom. The lowest BCUT2D eigenvalue weighted by Crippen LogP contribution is -2.15. The molecule has 8 heteroatoms. The molecule has 2 heterocycles. The fourth-order valence-electron chi connectivity index (χ4n) is 3.17. The zero-order chi connectivity index (χ0) is 21.8. The second-order valence-corrected chi connectivity index (χ2v) is 6.95. The minimum Gasteiger partial charge on any atom is -0.492 e. The Bertz CT molecular complexity index is 1200. The minimum absolute atomic E-state index is 0.246. The topological polar surface area (TPSA) is 95.1 Å². The van der Waals surface area contributed by atoms with Crippen LogP contribution in [0.25, 0.3) is 11.5 Å². The lowest BCUT2D eigenvalue weighted by atomic mass is 10.2. The highest BCUT2D eigenvalue weighted by molar-refractivity contribution is 6.04. The van der Waals surface area contributed by atoms with Crippen LogP contribution in [0.15, 0.2) is 59.0 Å². The van der Waals surface area contributed by atoms with Gasteiger partial charge in [0.15, 0.2) is 5.69 Å². The maximum atomic E-state index is 12.8. The minimum atomic E-state index is -0.349. The fourth-order valence-corrected chi connectivity index (χ4v) is 3.17. The zero-order valence-corrected chi connectivity index (χ0v) is 17.6. The van der Waals surface area contributed by atoms with E-state index >= 15 is 0 Å². The molecular formula is C23H23N5O3. The number of aryl methyl sites for hydroxylation is 1.